The lowest BCUT2D eigenvalue weighted by Gasteiger charge is -2.16. The summed E-state index contributed by atoms with van der Waals surface area (Å²) in [5.41, 5.74) is 1.13. The topological polar surface area (TPSA) is 30.5 Å². The first kappa shape index (κ1) is 12.1. The Hall–Kier alpha value is -1.38. The van der Waals surface area contributed by atoms with E-state index in [4.69, 9.17) is 9.47 Å². The normalized spacial score (nSPS) is 15.9. The smallest absolute Gasteiger partial charge is 0.163 e. The van der Waals surface area contributed by atoms with Gasteiger partial charge in [0.2, 0.25) is 0 Å². The summed E-state index contributed by atoms with van der Waals surface area (Å²) in [5.74, 6) is 1.61. The van der Waals surface area contributed by atoms with Crippen LogP contribution < -0.4 is 14.8 Å². The fourth-order valence-corrected chi connectivity index (χ4v) is 2.34. The third-order valence-electron chi connectivity index (χ3n) is 3.19. The zero-order valence-electron chi connectivity index (χ0n) is 10.7. The van der Waals surface area contributed by atoms with E-state index in [0.29, 0.717) is 12.6 Å². The van der Waals surface area contributed by atoms with E-state index in [1.807, 2.05) is 19.1 Å². The van der Waals surface area contributed by atoms with E-state index in [-0.39, 0.29) is 0 Å². The van der Waals surface area contributed by atoms with Crippen molar-refractivity contribution in [1.82, 2.24) is 0 Å². The molecule has 0 radical (unpaired) electrons. The van der Waals surface area contributed by atoms with E-state index < -0.39 is 0 Å². The molecular weight excluding hydrogens is 214 g/mol. The van der Waals surface area contributed by atoms with Crippen molar-refractivity contribution in [2.75, 3.05) is 19.0 Å². The van der Waals surface area contributed by atoms with Gasteiger partial charge < -0.3 is 14.8 Å². The third kappa shape index (κ3) is 3.05. The molecule has 1 aromatic rings. The predicted molar refractivity (Wildman–Crippen MR) is 70.0 cm³/mol. The quantitative estimate of drug-likeness (QED) is 0.848. The average molecular weight is 235 g/mol. The van der Waals surface area contributed by atoms with Crippen molar-refractivity contribution in [1.29, 1.82) is 0 Å². The van der Waals surface area contributed by atoms with E-state index in [0.717, 1.165) is 17.2 Å². The minimum Gasteiger partial charge on any atom is -0.493 e. The molecule has 1 fully saturated rings. The maximum Gasteiger partial charge on any atom is 0.163 e. The molecule has 0 unspecified atom stereocenters. The zero-order chi connectivity index (χ0) is 12.1. The Morgan fingerprint density at radius 3 is 2.65 bits per heavy atom. The first-order valence-electron chi connectivity index (χ1n) is 6.41. The van der Waals surface area contributed by atoms with Gasteiger partial charge in [0, 0.05) is 17.8 Å². The van der Waals surface area contributed by atoms with E-state index in [1.54, 1.807) is 7.11 Å². The van der Waals surface area contributed by atoms with Crippen LogP contribution in [0.1, 0.15) is 32.6 Å². The number of ether oxygens (including phenoxy) is 2. The molecule has 94 valence electrons. The van der Waals surface area contributed by atoms with Gasteiger partial charge in [-0.15, -0.1) is 0 Å². The highest BCUT2D eigenvalue weighted by molar-refractivity contribution is 5.55. The molecule has 2 rings (SSSR count). The molecule has 3 nitrogen and oxygen atoms in total. The summed E-state index contributed by atoms with van der Waals surface area (Å²) in [4.78, 5) is 0. The van der Waals surface area contributed by atoms with E-state index in [2.05, 4.69) is 11.4 Å². The van der Waals surface area contributed by atoms with Crippen LogP contribution in [0.2, 0.25) is 0 Å². The summed E-state index contributed by atoms with van der Waals surface area (Å²) in [6, 6.07) is 6.67. The number of hydrogen-bond donors (Lipinski definition) is 1. The second-order valence-corrected chi connectivity index (χ2v) is 4.42. The van der Waals surface area contributed by atoms with Gasteiger partial charge in [-0.25, -0.2) is 0 Å². The first-order valence-corrected chi connectivity index (χ1v) is 6.41. The van der Waals surface area contributed by atoms with Crippen LogP contribution >= 0.6 is 0 Å². The Bertz CT molecular complexity index is 359. The van der Waals surface area contributed by atoms with Crippen molar-refractivity contribution < 1.29 is 9.47 Å². The molecule has 0 heterocycles. The number of nitrogens with one attached hydrogen (secondary N) is 1. The molecule has 1 saturated carbocycles. The molecule has 0 aliphatic heterocycles. The molecule has 1 N–H and O–H groups in total. The van der Waals surface area contributed by atoms with Crippen LogP contribution in [0.25, 0.3) is 0 Å². The molecule has 17 heavy (non-hydrogen) atoms. The average Bonchev–Trinajstić information content (AvgIpc) is 2.83. The van der Waals surface area contributed by atoms with Crippen LogP contribution in [0.4, 0.5) is 5.69 Å². The minimum atomic E-state index is 0.623. The molecule has 0 spiro atoms. The Balaban J connectivity index is 2.08. The second-order valence-electron chi connectivity index (χ2n) is 4.42. The highest BCUT2D eigenvalue weighted by atomic mass is 16.5. The zero-order valence-corrected chi connectivity index (χ0v) is 10.7. The van der Waals surface area contributed by atoms with Crippen LogP contribution in [-0.4, -0.2) is 19.8 Å². The first-order chi connectivity index (χ1) is 8.33. The van der Waals surface area contributed by atoms with Crippen molar-refractivity contribution in [3.63, 3.8) is 0 Å². The van der Waals surface area contributed by atoms with Crippen LogP contribution in [0.3, 0.4) is 0 Å². The van der Waals surface area contributed by atoms with Crippen LogP contribution in [-0.2, 0) is 0 Å². The van der Waals surface area contributed by atoms with Gasteiger partial charge in [-0.05, 0) is 31.9 Å². The monoisotopic (exact) mass is 235 g/mol. The number of anilines is 1. The van der Waals surface area contributed by atoms with Gasteiger partial charge in [-0.2, -0.15) is 0 Å². The van der Waals surface area contributed by atoms with Crippen LogP contribution in [0.5, 0.6) is 11.5 Å². The molecular formula is C14H21NO2. The molecule has 0 aromatic heterocycles. The van der Waals surface area contributed by atoms with E-state index >= 15 is 0 Å². The van der Waals surface area contributed by atoms with E-state index in [9.17, 15) is 0 Å². The predicted octanol–water partition coefficient (Wildman–Crippen LogP) is 3.45. The maximum atomic E-state index is 5.57. The molecule has 0 atom stereocenters. The highest BCUT2D eigenvalue weighted by Crippen LogP contribution is 2.31. The summed E-state index contributed by atoms with van der Waals surface area (Å²) in [5, 5.41) is 3.56. The van der Waals surface area contributed by atoms with Gasteiger partial charge in [0.05, 0.1) is 13.7 Å². The van der Waals surface area contributed by atoms with Crippen molar-refractivity contribution in [3.05, 3.63) is 18.2 Å². The third-order valence-corrected chi connectivity index (χ3v) is 3.19. The maximum absolute atomic E-state index is 5.57. The number of methoxy groups -OCH3 is 1. The summed E-state index contributed by atoms with van der Waals surface area (Å²) >= 11 is 0. The molecule has 1 aromatic carbocycles. The Labute approximate surface area is 103 Å². The summed E-state index contributed by atoms with van der Waals surface area (Å²) in [6.45, 7) is 2.64. The van der Waals surface area contributed by atoms with Gasteiger partial charge >= 0.3 is 0 Å². The molecule has 0 saturated heterocycles. The molecule has 0 amide bonds. The van der Waals surface area contributed by atoms with Crippen LogP contribution in [0.15, 0.2) is 18.2 Å². The number of rotatable bonds is 5. The summed E-state index contributed by atoms with van der Waals surface area (Å²) < 4.78 is 10.8. The number of hydrogen-bond acceptors (Lipinski definition) is 3. The van der Waals surface area contributed by atoms with Crippen molar-refractivity contribution in [2.24, 2.45) is 0 Å². The molecule has 1 aliphatic rings. The van der Waals surface area contributed by atoms with Crippen molar-refractivity contribution >= 4 is 5.69 Å². The Kier molecular flexibility index (Phi) is 4.13. The minimum absolute atomic E-state index is 0.623. The highest BCUT2D eigenvalue weighted by Gasteiger charge is 2.15. The summed E-state index contributed by atoms with van der Waals surface area (Å²) in [6.07, 6.45) is 5.23. The fourth-order valence-electron chi connectivity index (χ4n) is 2.34. The summed E-state index contributed by atoms with van der Waals surface area (Å²) in [7, 11) is 1.67. The van der Waals surface area contributed by atoms with Crippen LogP contribution in [0, 0.1) is 0 Å². The Morgan fingerprint density at radius 2 is 2.00 bits per heavy atom. The largest absolute Gasteiger partial charge is 0.493 e. The fraction of sp³-hybridized carbons (Fsp3) is 0.571. The SMILES string of the molecule is CCOc1cc(NC2CCCC2)ccc1OC. The van der Waals surface area contributed by atoms with Gasteiger partial charge in [0.15, 0.2) is 11.5 Å². The lowest BCUT2D eigenvalue weighted by atomic mass is 10.2. The van der Waals surface area contributed by atoms with Crippen molar-refractivity contribution in [3.8, 4) is 11.5 Å². The Morgan fingerprint density at radius 1 is 1.24 bits per heavy atom. The van der Waals surface area contributed by atoms with Gasteiger partial charge in [-0.3, -0.25) is 0 Å². The lowest BCUT2D eigenvalue weighted by Crippen LogP contribution is -2.14. The van der Waals surface area contributed by atoms with E-state index in [1.165, 1.54) is 25.7 Å². The van der Waals surface area contributed by atoms with Gasteiger partial charge in [0.25, 0.3) is 0 Å². The van der Waals surface area contributed by atoms with Crippen molar-refractivity contribution in [2.45, 2.75) is 38.6 Å². The lowest BCUT2D eigenvalue weighted by molar-refractivity contribution is 0.311. The standard InChI is InChI=1S/C14H21NO2/c1-3-17-14-10-12(8-9-13(14)16-2)15-11-6-4-5-7-11/h8-11,15H,3-7H2,1-2H3. The number of benzene rings is 1. The molecule has 0 bridgehead atoms. The van der Waals surface area contributed by atoms with Gasteiger partial charge in [-0.1, -0.05) is 12.8 Å². The molecule has 3 heteroatoms. The van der Waals surface area contributed by atoms with Gasteiger partial charge in [0.1, 0.15) is 0 Å². The second kappa shape index (κ2) is 5.80. The molecule has 1 aliphatic carbocycles.